The number of thiophene rings is 1. The number of aromatic nitrogens is 1. The molecule has 33 heavy (non-hydrogen) atoms. The number of likely N-dealkylation sites (tertiary alicyclic amines) is 1. The molecule has 2 fully saturated rings. The van der Waals surface area contributed by atoms with Crippen LogP contribution in [-0.2, 0) is 16.1 Å². The van der Waals surface area contributed by atoms with Gasteiger partial charge in [-0.3, -0.25) is 4.90 Å². The van der Waals surface area contributed by atoms with Gasteiger partial charge in [0.1, 0.15) is 6.07 Å². The van der Waals surface area contributed by atoms with E-state index in [-0.39, 0.29) is 0 Å². The maximum atomic E-state index is 10.6. The molecule has 0 saturated carbocycles. The van der Waals surface area contributed by atoms with Crippen molar-refractivity contribution in [2.24, 2.45) is 11.8 Å². The first-order chi connectivity index (χ1) is 15.7. The second-order valence-electron chi connectivity index (χ2n) is 7.95. The molecule has 0 spiro atoms. The Morgan fingerprint density at radius 3 is 2.73 bits per heavy atom. The van der Waals surface area contributed by atoms with Gasteiger partial charge in [0.15, 0.2) is 0 Å². The minimum Gasteiger partial charge on any atom is -0.478 e. The van der Waals surface area contributed by atoms with E-state index in [0.717, 1.165) is 32.7 Å². The maximum Gasteiger partial charge on any atom is 0.490 e. The van der Waals surface area contributed by atoms with Gasteiger partial charge in [0, 0.05) is 42.7 Å². The number of fused-ring (bicyclic) bond motifs is 1. The predicted octanol–water partition coefficient (Wildman–Crippen LogP) is 3.87. The van der Waals surface area contributed by atoms with Crippen LogP contribution in [0.3, 0.4) is 0 Å². The molecule has 4 rings (SSSR count). The number of alkyl halides is 3. The van der Waals surface area contributed by atoms with Gasteiger partial charge in [0.2, 0.25) is 5.88 Å². The van der Waals surface area contributed by atoms with Crippen molar-refractivity contribution in [3.63, 3.8) is 0 Å². The molecule has 2 aliphatic heterocycles. The molecule has 2 aromatic heterocycles. The maximum absolute atomic E-state index is 10.6. The van der Waals surface area contributed by atoms with E-state index in [2.05, 4.69) is 34.3 Å². The number of aliphatic carboxylic acids is 1. The summed E-state index contributed by atoms with van der Waals surface area (Å²) in [6, 6.07) is 7.76. The van der Waals surface area contributed by atoms with Gasteiger partial charge in [-0.25, -0.2) is 9.78 Å². The van der Waals surface area contributed by atoms with Crippen molar-refractivity contribution < 1.29 is 32.5 Å². The number of aryl methyl sites for hydroxylation is 1. The highest BCUT2D eigenvalue weighted by molar-refractivity contribution is 7.10. The molecular weight excluding hydrogens is 459 g/mol. The fraction of sp³-hybridized carbons (Fsp3) is 0.500. The van der Waals surface area contributed by atoms with Crippen molar-refractivity contribution >= 4 is 17.3 Å². The molecule has 2 aromatic rings. The first kappa shape index (κ1) is 25.0. The highest BCUT2D eigenvalue weighted by atomic mass is 32.1. The summed E-state index contributed by atoms with van der Waals surface area (Å²) in [6.45, 7) is 6.86. The highest BCUT2D eigenvalue weighted by Crippen LogP contribution is 2.36. The Bertz CT molecular complexity index is 975. The molecule has 0 amide bonds. The smallest absolute Gasteiger partial charge is 0.478 e. The normalized spacial score (nSPS) is 22.2. The second kappa shape index (κ2) is 11.0. The first-order valence-electron chi connectivity index (χ1n) is 10.3. The highest BCUT2D eigenvalue weighted by Gasteiger charge is 2.43. The monoisotopic (exact) mass is 483 g/mol. The summed E-state index contributed by atoms with van der Waals surface area (Å²) in [5.74, 6) is -1.02. The van der Waals surface area contributed by atoms with Crippen LogP contribution in [0.2, 0.25) is 0 Å². The van der Waals surface area contributed by atoms with Crippen molar-refractivity contribution in [3.05, 3.63) is 45.8 Å². The third-order valence-corrected chi connectivity index (χ3v) is 6.70. The quantitative estimate of drug-likeness (QED) is 0.666. The van der Waals surface area contributed by atoms with E-state index in [0.29, 0.717) is 36.0 Å². The van der Waals surface area contributed by atoms with Gasteiger partial charge in [-0.2, -0.15) is 18.4 Å². The number of rotatable bonds is 6. The number of carboxylic acids is 1. The molecule has 178 valence electrons. The molecule has 3 atom stereocenters. The van der Waals surface area contributed by atoms with Gasteiger partial charge in [-0.05, 0) is 42.3 Å². The van der Waals surface area contributed by atoms with Gasteiger partial charge in [-0.1, -0.05) is 0 Å². The Balaban J connectivity index is 0.000000383. The van der Waals surface area contributed by atoms with Gasteiger partial charge >= 0.3 is 12.1 Å². The van der Waals surface area contributed by atoms with Crippen LogP contribution < -0.4 is 4.74 Å². The molecule has 2 aliphatic rings. The first-order valence-corrected chi connectivity index (χ1v) is 11.2. The average Bonchev–Trinajstić information content (AvgIpc) is 3.46. The lowest BCUT2D eigenvalue weighted by Gasteiger charge is -2.19. The Morgan fingerprint density at radius 1 is 1.39 bits per heavy atom. The summed E-state index contributed by atoms with van der Waals surface area (Å²) >= 11 is 1.85. The van der Waals surface area contributed by atoms with E-state index in [1.165, 1.54) is 10.4 Å². The van der Waals surface area contributed by atoms with E-state index >= 15 is 0 Å². The fourth-order valence-electron chi connectivity index (χ4n) is 3.92. The molecule has 0 unspecified atom stereocenters. The summed E-state index contributed by atoms with van der Waals surface area (Å²) in [7, 11) is 0. The molecule has 7 nitrogen and oxygen atoms in total. The lowest BCUT2D eigenvalue weighted by atomic mass is 9.91. The van der Waals surface area contributed by atoms with Crippen LogP contribution in [0.15, 0.2) is 29.8 Å². The molecule has 0 aliphatic carbocycles. The summed E-state index contributed by atoms with van der Waals surface area (Å²) < 4.78 is 43.5. The lowest BCUT2D eigenvalue weighted by Crippen LogP contribution is -2.24. The number of carboxylic acid groups (broad SMARTS) is 1. The van der Waals surface area contributed by atoms with Crippen LogP contribution >= 0.6 is 11.3 Å². The standard InChI is InChI=1S/C20H23N3O2S.C2HF3O2/c1-14-5-7-26-19(14)12-23-10-17-16(13-25-18(17)11-23)4-6-24-20-3-2-15(8-21)9-22-20;3-2(4,5)1(6)7/h2-3,5,7,9,16-18H,4,6,10-13H2,1H3;(H,6,7)/t16-,17-,18-;/m0./s1. The third-order valence-electron chi connectivity index (χ3n) is 5.70. The second-order valence-corrected chi connectivity index (χ2v) is 8.95. The van der Waals surface area contributed by atoms with Crippen molar-refractivity contribution in [2.75, 3.05) is 26.3 Å². The zero-order valence-electron chi connectivity index (χ0n) is 17.9. The van der Waals surface area contributed by atoms with Crippen molar-refractivity contribution in [1.29, 1.82) is 5.26 Å². The van der Waals surface area contributed by atoms with Crippen molar-refractivity contribution in [3.8, 4) is 11.9 Å². The van der Waals surface area contributed by atoms with Crippen LogP contribution in [0.4, 0.5) is 13.2 Å². The summed E-state index contributed by atoms with van der Waals surface area (Å²) in [5.41, 5.74) is 1.95. The Kier molecular flexibility index (Phi) is 8.29. The minimum atomic E-state index is -5.08. The summed E-state index contributed by atoms with van der Waals surface area (Å²) in [6.07, 6.45) is -2.19. The lowest BCUT2D eigenvalue weighted by molar-refractivity contribution is -0.192. The van der Waals surface area contributed by atoms with E-state index in [4.69, 9.17) is 24.6 Å². The van der Waals surface area contributed by atoms with Gasteiger partial charge in [0.25, 0.3) is 0 Å². The average molecular weight is 484 g/mol. The number of pyridine rings is 1. The number of nitriles is 1. The SMILES string of the molecule is Cc1ccsc1CN1C[C@H]2[C@@H](CCOc3ccc(C#N)cn3)CO[C@H]2C1.O=C(O)C(F)(F)F. The Morgan fingerprint density at radius 2 is 2.15 bits per heavy atom. The van der Waals surface area contributed by atoms with Gasteiger partial charge < -0.3 is 14.6 Å². The van der Waals surface area contributed by atoms with E-state index < -0.39 is 12.1 Å². The third kappa shape index (κ3) is 6.90. The minimum absolute atomic E-state index is 0.369. The Hall–Kier alpha value is -2.68. The molecule has 0 radical (unpaired) electrons. The predicted molar refractivity (Wildman–Crippen MR) is 114 cm³/mol. The van der Waals surface area contributed by atoms with Crippen LogP contribution in [0, 0.1) is 30.1 Å². The molecule has 2 saturated heterocycles. The number of nitrogens with zero attached hydrogens (tertiary/aromatic N) is 3. The number of ether oxygens (including phenoxy) is 2. The van der Waals surface area contributed by atoms with Crippen LogP contribution in [0.1, 0.15) is 22.4 Å². The van der Waals surface area contributed by atoms with E-state index in [1.54, 1.807) is 18.3 Å². The molecule has 11 heteroatoms. The van der Waals surface area contributed by atoms with Gasteiger partial charge in [0.05, 0.1) is 24.9 Å². The van der Waals surface area contributed by atoms with Crippen LogP contribution in [0.25, 0.3) is 0 Å². The van der Waals surface area contributed by atoms with Crippen molar-refractivity contribution in [2.45, 2.75) is 32.2 Å². The molecule has 0 bridgehead atoms. The zero-order chi connectivity index (χ0) is 24.0. The molecule has 1 N–H and O–H groups in total. The van der Waals surface area contributed by atoms with Crippen LogP contribution in [-0.4, -0.2) is 59.5 Å². The topological polar surface area (TPSA) is 95.7 Å². The fourth-order valence-corrected chi connectivity index (χ4v) is 4.87. The Labute approximate surface area is 193 Å². The number of hydrogen-bond donors (Lipinski definition) is 1. The van der Waals surface area contributed by atoms with Crippen molar-refractivity contribution in [1.82, 2.24) is 9.88 Å². The summed E-state index contributed by atoms with van der Waals surface area (Å²) in [4.78, 5) is 17.1. The number of carbonyl (C=O) groups is 1. The van der Waals surface area contributed by atoms with Gasteiger partial charge in [-0.15, -0.1) is 11.3 Å². The molecular formula is C22H24F3N3O4S. The summed E-state index contributed by atoms with van der Waals surface area (Å²) in [5, 5.41) is 18.1. The van der Waals surface area contributed by atoms with E-state index in [9.17, 15) is 13.2 Å². The molecule has 0 aromatic carbocycles. The molecule has 4 heterocycles. The largest absolute Gasteiger partial charge is 0.490 e. The number of halogens is 3. The van der Waals surface area contributed by atoms with E-state index in [1.807, 2.05) is 11.3 Å². The van der Waals surface area contributed by atoms with Crippen LogP contribution in [0.5, 0.6) is 5.88 Å². The zero-order valence-corrected chi connectivity index (χ0v) is 18.7. The number of hydrogen-bond acceptors (Lipinski definition) is 7.